The Hall–Kier alpha value is -0.160. The van der Waals surface area contributed by atoms with Crippen LogP contribution in [0.3, 0.4) is 0 Å². The van der Waals surface area contributed by atoms with Gasteiger partial charge in [0.2, 0.25) is 0 Å². The van der Waals surface area contributed by atoms with Crippen molar-refractivity contribution in [2.45, 2.75) is 18.9 Å². The van der Waals surface area contributed by atoms with Crippen molar-refractivity contribution in [3.05, 3.63) is 0 Å². The molecule has 3 rings (SSSR count). The van der Waals surface area contributed by atoms with Crippen LogP contribution in [0.5, 0.6) is 0 Å². The lowest BCUT2D eigenvalue weighted by atomic mass is 10.0. The largest absolute Gasteiger partial charge is 0.393 e. The molecule has 1 unspecified atom stereocenters. The number of aliphatic hydroxyl groups excluding tert-OH is 1. The fourth-order valence-electron chi connectivity index (χ4n) is 3.65. The first-order chi connectivity index (χ1) is 8.31. The summed E-state index contributed by atoms with van der Waals surface area (Å²) >= 11 is 0. The van der Waals surface area contributed by atoms with Crippen LogP contribution >= 0.6 is 0 Å². The maximum Gasteiger partial charge on any atom is 0.0700 e. The van der Waals surface area contributed by atoms with Crippen LogP contribution in [-0.4, -0.2) is 62.2 Å². The fraction of sp³-hybridized carbons (Fsp3) is 1.00. The molecule has 0 aromatic heterocycles. The van der Waals surface area contributed by atoms with Gasteiger partial charge in [0.1, 0.15) is 0 Å². The minimum Gasteiger partial charge on any atom is -0.393 e. The van der Waals surface area contributed by atoms with Gasteiger partial charge >= 0.3 is 0 Å². The first kappa shape index (κ1) is 11.9. The molecule has 2 heterocycles. The van der Waals surface area contributed by atoms with Gasteiger partial charge in [-0.2, -0.15) is 0 Å². The molecular weight excluding hydrogens is 218 g/mol. The second-order valence-electron chi connectivity index (χ2n) is 5.88. The van der Waals surface area contributed by atoms with E-state index in [1.54, 1.807) is 0 Å². The minimum absolute atomic E-state index is 0.0308. The van der Waals surface area contributed by atoms with Gasteiger partial charge in [0.05, 0.1) is 32.5 Å². The molecule has 17 heavy (non-hydrogen) atoms. The Balaban J connectivity index is 1.47. The Bertz CT molecular complexity index is 239. The van der Waals surface area contributed by atoms with Gasteiger partial charge in [-0.1, -0.05) is 0 Å². The minimum atomic E-state index is -0.0308. The predicted molar refractivity (Wildman–Crippen MR) is 63.8 cm³/mol. The number of likely N-dealkylation sites (tertiary alicyclic amines) is 1. The van der Waals surface area contributed by atoms with Gasteiger partial charge in [0, 0.05) is 25.6 Å². The average molecular weight is 241 g/mol. The summed E-state index contributed by atoms with van der Waals surface area (Å²) in [6, 6.07) is 0. The molecule has 2 saturated heterocycles. The molecule has 3 aliphatic rings. The highest BCUT2D eigenvalue weighted by Crippen LogP contribution is 2.38. The zero-order valence-corrected chi connectivity index (χ0v) is 10.4. The van der Waals surface area contributed by atoms with Gasteiger partial charge in [-0.25, -0.2) is 0 Å². The summed E-state index contributed by atoms with van der Waals surface area (Å²) in [4.78, 5) is 2.55. The molecule has 0 bridgehead atoms. The quantitative estimate of drug-likeness (QED) is 0.757. The Morgan fingerprint density at radius 3 is 2.18 bits per heavy atom. The van der Waals surface area contributed by atoms with E-state index in [2.05, 4.69) is 4.90 Å². The topological polar surface area (TPSA) is 41.9 Å². The number of fused-ring (bicyclic) bond motifs is 1. The van der Waals surface area contributed by atoms with Crippen molar-refractivity contribution >= 4 is 0 Å². The highest BCUT2D eigenvalue weighted by Gasteiger charge is 2.40. The summed E-state index contributed by atoms with van der Waals surface area (Å²) in [6.45, 7) is 6.60. The van der Waals surface area contributed by atoms with Crippen LogP contribution in [0.15, 0.2) is 0 Å². The van der Waals surface area contributed by atoms with E-state index in [1.807, 2.05) is 0 Å². The SMILES string of the molecule is OC1C[C@@H]2CN(CC3COCCOC3)C[C@@H]2C1. The van der Waals surface area contributed by atoms with Gasteiger partial charge in [-0.15, -0.1) is 0 Å². The highest BCUT2D eigenvalue weighted by atomic mass is 16.5. The molecule has 0 aromatic carbocycles. The second-order valence-corrected chi connectivity index (χ2v) is 5.88. The van der Waals surface area contributed by atoms with Crippen molar-refractivity contribution < 1.29 is 14.6 Å². The predicted octanol–water partition coefficient (Wildman–Crippen LogP) is 0.352. The molecule has 98 valence electrons. The Labute approximate surface area is 103 Å². The lowest BCUT2D eigenvalue weighted by Gasteiger charge is -2.22. The highest BCUT2D eigenvalue weighted by molar-refractivity contribution is 4.92. The second kappa shape index (κ2) is 5.22. The third-order valence-corrected chi connectivity index (χ3v) is 4.40. The average Bonchev–Trinajstić information content (AvgIpc) is 2.69. The van der Waals surface area contributed by atoms with Crippen molar-refractivity contribution in [1.82, 2.24) is 4.90 Å². The van der Waals surface area contributed by atoms with Crippen LogP contribution < -0.4 is 0 Å². The van der Waals surface area contributed by atoms with Crippen LogP contribution in [-0.2, 0) is 9.47 Å². The summed E-state index contributed by atoms with van der Waals surface area (Å²) in [6.07, 6.45) is 1.99. The van der Waals surface area contributed by atoms with Crippen LogP contribution in [0.4, 0.5) is 0 Å². The summed E-state index contributed by atoms with van der Waals surface area (Å²) in [7, 11) is 0. The van der Waals surface area contributed by atoms with E-state index in [9.17, 15) is 5.11 Å². The summed E-state index contributed by atoms with van der Waals surface area (Å²) < 4.78 is 11.1. The Morgan fingerprint density at radius 1 is 1.00 bits per heavy atom. The van der Waals surface area contributed by atoms with Gasteiger partial charge in [0.15, 0.2) is 0 Å². The first-order valence-corrected chi connectivity index (χ1v) is 6.87. The molecule has 0 spiro atoms. The van der Waals surface area contributed by atoms with E-state index in [0.29, 0.717) is 5.92 Å². The number of nitrogens with zero attached hydrogens (tertiary/aromatic N) is 1. The molecule has 1 N–H and O–H groups in total. The molecule has 1 saturated carbocycles. The lowest BCUT2D eigenvalue weighted by Crippen LogP contribution is -2.32. The third kappa shape index (κ3) is 2.81. The summed E-state index contributed by atoms with van der Waals surface area (Å²) in [5, 5.41) is 9.62. The molecule has 4 nitrogen and oxygen atoms in total. The van der Waals surface area contributed by atoms with Gasteiger partial charge in [-0.3, -0.25) is 0 Å². The number of rotatable bonds is 2. The summed E-state index contributed by atoms with van der Waals surface area (Å²) in [5.74, 6) is 2.00. The van der Waals surface area contributed by atoms with Crippen molar-refractivity contribution in [2.24, 2.45) is 17.8 Å². The maximum absolute atomic E-state index is 9.62. The number of aliphatic hydroxyl groups is 1. The van der Waals surface area contributed by atoms with Gasteiger partial charge in [0.25, 0.3) is 0 Å². The molecule has 3 fully saturated rings. The molecular formula is C13H23NO3. The first-order valence-electron chi connectivity index (χ1n) is 6.87. The zero-order valence-electron chi connectivity index (χ0n) is 10.4. The van der Waals surface area contributed by atoms with Crippen LogP contribution in [0.1, 0.15) is 12.8 Å². The monoisotopic (exact) mass is 241 g/mol. The normalized spacial score (nSPS) is 40.4. The standard InChI is InChI=1S/C13H23NO3/c15-13-3-11-6-14(7-12(11)4-13)5-10-8-16-1-2-17-9-10/h10-13,15H,1-9H2/t11-,12+,13?. The molecule has 0 radical (unpaired) electrons. The van der Waals surface area contributed by atoms with E-state index in [1.165, 1.54) is 0 Å². The molecule has 2 aliphatic heterocycles. The zero-order chi connectivity index (χ0) is 11.7. The maximum atomic E-state index is 9.62. The Morgan fingerprint density at radius 2 is 1.59 bits per heavy atom. The molecule has 1 aliphatic carbocycles. The Kier molecular flexibility index (Phi) is 3.66. The molecule has 0 amide bonds. The van der Waals surface area contributed by atoms with Crippen molar-refractivity contribution in [3.8, 4) is 0 Å². The van der Waals surface area contributed by atoms with Crippen LogP contribution in [0.2, 0.25) is 0 Å². The van der Waals surface area contributed by atoms with Crippen molar-refractivity contribution in [3.63, 3.8) is 0 Å². The fourth-order valence-corrected chi connectivity index (χ4v) is 3.65. The molecule has 0 aromatic rings. The van der Waals surface area contributed by atoms with E-state index >= 15 is 0 Å². The van der Waals surface area contributed by atoms with Crippen molar-refractivity contribution in [1.29, 1.82) is 0 Å². The van der Waals surface area contributed by atoms with Crippen LogP contribution in [0.25, 0.3) is 0 Å². The van der Waals surface area contributed by atoms with Gasteiger partial charge in [-0.05, 0) is 24.7 Å². The van der Waals surface area contributed by atoms with Crippen molar-refractivity contribution in [2.75, 3.05) is 46.1 Å². The number of hydrogen-bond acceptors (Lipinski definition) is 4. The molecule has 3 atom stereocenters. The summed E-state index contributed by atoms with van der Waals surface area (Å²) in [5.41, 5.74) is 0. The van der Waals surface area contributed by atoms with E-state index < -0.39 is 0 Å². The van der Waals surface area contributed by atoms with E-state index in [4.69, 9.17) is 9.47 Å². The van der Waals surface area contributed by atoms with E-state index in [-0.39, 0.29) is 6.10 Å². The number of hydrogen-bond donors (Lipinski definition) is 1. The van der Waals surface area contributed by atoms with Gasteiger partial charge < -0.3 is 19.5 Å². The third-order valence-electron chi connectivity index (χ3n) is 4.40. The van der Waals surface area contributed by atoms with E-state index in [0.717, 1.165) is 70.7 Å². The smallest absolute Gasteiger partial charge is 0.0700 e. The number of ether oxygens (including phenoxy) is 2. The lowest BCUT2D eigenvalue weighted by molar-refractivity contribution is 0.103. The van der Waals surface area contributed by atoms with Crippen LogP contribution in [0, 0.1) is 17.8 Å². The molecule has 4 heteroatoms.